The maximum absolute atomic E-state index is 12.4. The SMILES string of the molecule is Cc1ccc2c(N)c(C(=O)NC(C)c3ccsc3)sc2n1. The number of amides is 1. The van der Waals surface area contributed by atoms with Crippen LogP contribution in [0.5, 0.6) is 0 Å². The fourth-order valence-corrected chi connectivity index (χ4v) is 3.92. The number of nitrogens with zero attached hydrogens (tertiary/aromatic N) is 1. The number of nitrogens with two attached hydrogens (primary N) is 1. The number of thiophene rings is 2. The molecule has 0 fully saturated rings. The maximum Gasteiger partial charge on any atom is 0.264 e. The predicted molar refractivity (Wildman–Crippen MR) is 89.0 cm³/mol. The van der Waals surface area contributed by atoms with Crippen LogP contribution in [0.3, 0.4) is 0 Å². The van der Waals surface area contributed by atoms with Crippen LogP contribution in [0.25, 0.3) is 10.2 Å². The molecule has 1 atom stereocenters. The minimum atomic E-state index is -0.146. The number of anilines is 1. The topological polar surface area (TPSA) is 68.0 Å². The Kier molecular flexibility index (Phi) is 3.65. The first-order valence-corrected chi connectivity index (χ1v) is 8.31. The van der Waals surface area contributed by atoms with Crippen LogP contribution in [0.2, 0.25) is 0 Å². The van der Waals surface area contributed by atoms with E-state index in [9.17, 15) is 4.79 Å². The van der Waals surface area contributed by atoms with Crippen LogP contribution < -0.4 is 11.1 Å². The van der Waals surface area contributed by atoms with E-state index in [4.69, 9.17) is 5.73 Å². The molecule has 3 heterocycles. The zero-order chi connectivity index (χ0) is 15.0. The number of pyridine rings is 1. The first kappa shape index (κ1) is 14.0. The van der Waals surface area contributed by atoms with Crippen molar-refractivity contribution in [2.45, 2.75) is 19.9 Å². The molecule has 0 aliphatic heterocycles. The summed E-state index contributed by atoms with van der Waals surface area (Å²) in [5, 5.41) is 7.86. The van der Waals surface area contributed by atoms with Gasteiger partial charge in [-0.3, -0.25) is 4.79 Å². The van der Waals surface area contributed by atoms with E-state index in [2.05, 4.69) is 10.3 Å². The lowest BCUT2D eigenvalue weighted by molar-refractivity contribution is 0.0945. The molecule has 0 aromatic carbocycles. The molecule has 21 heavy (non-hydrogen) atoms. The van der Waals surface area contributed by atoms with Crippen molar-refractivity contribution in [2.24, 2.45) is 0 Å². The van der Waals surface area contributed by atoms with Crippen LogP contribution in [0.1, 0.15) is 33.9 Å². The molecule has 0 saturated carbocycles. The van der Waals surface area contributed by atoms with Gasteiger partial charge in [0.15, 0.2) is 0 Å². The molecule has 0 radical (unpaired) electrons. The second-order valence-electron chi connectivity index (χ2n) is 4.90. The minimum Gasteiger partial charge on any atom is -0.397 e. The molecule has 3 rings (SSSR count). The summed E-state index contributed by atoms with van der Waals surface area (Å²) in [4.78, 5) is 18.2. The lowest BCUT2D eigenvalue weighted by Gasteiger charge is -2.11. The van der Waals surface area contributed by atoms with Crippen molar-refractivity contribution in [1.29, 1.82) is 0 Å². The Morgan fingerprint density at radius 3 is 2.90 bits per heavy atom. The summed E-state index contributed by atoms with van der Waals surface area (Å²) in [5.74, 6) is -0.146. The Bertz CT molecular complexity index is 793. The minimum absolute atomic E-state index is 0.0388. The Morgan fingerprint density at radius 2 is 2.19 bits per heavy atom. The van der Waals surface area contributed by atoms with Crippen LogP contribution in [-0.4, -0.2) is 10.9 Å². The van der Waals surface area contributed by atoms with E-state index in [0.717, 1.165) is 21.5 Å². The number of aryl methyl sites for hydroxylation is 1. The van der Waals surface area contributed by atoms with Crippen molar-refractivity contribution in [3.05, 3.63) is 45.1 Å². The van der Waals surface area contributed by atoms with Crippen LogP contribution in [-0.2, 0) is 0 Å². The number of fused-ring (bicyclic) bond motifs is 1. The van der Waals surface area contributed by atoms with Gasteiger partial charge in [0.2, 0.25) is 0 Å². The van der Waals surface area contributed by atoms with Gasteiger partial charge in [0.05, 0.1) is 11.7 Å². The van der Waals surface area contributed by atoms with Gasteiger partial charge in [-0.25, -0.2) is 4.98 Å². The summed E-state index contributed by atoms with van der Waals surface area (Å²) < 4.78 is 0. The molecular formula is C15H15N3OS2. The van der Waals surface area contributed by atoms with Crippen LogP contribution >= 0.6 is 22.7 Å². The second kappa shape index (κ2) is 5.46. The van der Waals surface area contributed by atoms with Crippen molar-refractivity contribution in [3.63, 3.8) is 0 Å². The predicted octanol–water partition coefficient (Wildman–Crippen LogP) is 3.74. The number of hydrogen-bond acceptors (Lipinski definition) is 5. The number of carbonyl (C=O) groups excluding carboxylic acids is 1. The molecule has 0 spiro atoms. The van der Waals surface area contributed by atoms with Gasteiger partial charge in [0.25, 0.3) is 5.91 Å². The summed E-state index contributed by atoms with van der Waals surface area (Å²) >= 11 is 2.96. The molecule has 1 amide bonds. The fraction of sp³-hybridized carbons (Fsp3) is 0.200. The van der Waals surface area contributed by atoms with Crippen molar-refractivity contribution in [1.82, 2.24) is 10.3 Å². The summed E-state index contributed by atoms with van der Waals surface area (Å²) in [7, 11) is 0. The molecule has 6 heteroatoms. The first-order valence-electron chi connectivity index (χ1n) is 6.55. The van der Waals surface area contributed by atoms with E-state index in [0.29, 0.717) is 10.6 Å². The zero-order valence-electron chi connectivity index (χ0n) is 11.7. The monoisotopic (exact) mass is 317 g/mol. The molecule has 3 aromatic rings. The molecule has 1 unspecified atom stereocenters. The zero-order valence-corrected chi connectivity index (χ0v) is 13.3. The highest BCUT2D eigenvalue weighted by molar-refractivity contribution is 7.21. The average molecular weight is 317 g/mol. The largest absolute Gasteiger partial charge is 0.397 e. The number of aromatic nitrogens is 1. The highest BCUT2D eigenvalue weighted by atomic mass is 32.1. The Hall–Kier alpha value is -1.92. The fourth-order valence-electron chi connectivity index (χ4n) is 2.13. The molecule has 0 aliphatic carbocycles. The maximum atomic E-state index is 12.4. The van der Waals surface area contributed by atoms with Crippen molar-refractivity contribution in [3.8, 4) is 0 Å². The second-order valence-corrected chi connectivity index (χ2v) is 6.68. The molecule has 108 valence electrons. The van der Waals surface area contributed by atoms with Gasteiger partial charge in [-0.15, -0.1) is 11.3 Å². The summed E-state index contributed by atoms with van der Waals surface area (Å²) in [6, 6.07) is 5.79. The van der Waals surface area contributed by atoms with Gasteiger partial charge in [0, 0.05) is 11.1 Å². The number of hydrogen-bond donors (Lipinski definition) is 2. The van der Waals surface area contributed by atoms with E-state index >= 15 is 0 Å². The Balaban J connectivity index is 1.89. The van der Waals surface area contributed by atoms with Crippen molar-refractivity contribution >= 4 is 44.5 Å². The normalized spacial score (nSPS) is 12.5. The third-order valence-electron chi connectivity index (χ3n) is 3.33. The van der Waals surface area contributed by atoms with Crippen LogP contribution in [0.15, 0.2) is 29.0 Å². The molecule has 3 N–H and O–H groups in total. The highest BCUT2D eigenvalue weighted by Gasteiger charge is 2.19. The summed E-state index contributed by atoms with van der Waals surface area (Å²) in [6.07, 6.45) is 0. The van der Waals surface area contributed by atoms with Gasteiger partial charge in [0.1, 0.15) is 9.71 Å². The quantitative estimate of drug-likeness (QED) is 0.773. The van der Waals surface area contributed by atoms with Crippen molar-refractivity contribution < 1.29 is 4.79 Å². The molecule has 4 nitrogen and oxygen atoms in total. The first-order chi connectivity index (χ1) is 10.1. The highest BCUT2D eigenvalue weighted by Crippen LogP contribution is 2.32. The van der Waals surface area contributed by atoms with Gasteiger partial charge in [-0.2, -0.15) is 11.3 Å². The summed E-state index contributed by atoms with van der Waals surface area (Å²) in [6.45, 7) is 3.89. The van der Waals surface area contributed by atoms with Gasteiger partial charge in [-0.05, 0) is 48.4 Å². The molecule has 0 aliphatic rings. The Morgan fingerprint density at radius 1 is 1.38 bits per heavy atom. The van der Waals surface area contributed by atoms with E-state index in [1.165, 1.54) is 11.3 Å². The van der Waals surface area contributed by atoms with Gasteiger partial charge < -0.3 is 11.1 Å². The number of carbonyl (C=O) groups is 1. The number of rotatable bonds is 3. The lowest BCUT2D eigenvalue weighted by Crippen LogP contribution is -2.26. The third kappa shape index (κ3) is 2.64. The number of nitrogens with one attached hydrogen (secondary N) is 1. The standard InChI is InChI=1S/C15H15N3OS2/c1-8-3-4-11-12(16)13(21-15(11)17-8)14(19)18-9(2)10-5-6-20-7-10/h3-7,9H,16H2,1-2H3,(H,18,19). The Labute approximate surface area is 130 Å². The smallest absolute Gasteiger partial charge is 0.264 e. The lowest BCUT2D eigenvalue weighted by atomic mass is 10.2. The van der Waals surface area contributed by atoms with E-state index in [1.807, 2.05) is 42.8 Å². The molecule has 3 aromatic heterocycles. The molecule has 0 saturated heterocycles. The average Bonchev–Trinajstić information content (AvgIpc) is 3.07. The van der Waals surface area contributed by atoms with E-state index < -0.39 is 0 Å². The third-order valence-corrected chi connectivity index (χ3v) is 5.15. The summed E-state index contributed by atoms with van der Waals surface area (Å²) in [5.41, 5.74) is 8.63. The molecule has 0 bridgehead atoms. The number of nitrogen functional groups attached to an aromatic ring is 1. The van der Waals surface area contributed by atoms with Crippen LogP contribution in [0, 0.1) is 6.92 Å². The van der Waals surface area contributed by atoms with Gasteiger partial charge >= 0.3 is 0 Å². The van der Waals surface area contributed by atoms with Gasteiger partial charge in [-0.1, -0.05) is 0 Å². The van der Waals surface area contributed by atoms with Crippen molar-refractivity contribution in [2.75, 3.05) is 5.73 Å². The van der Waals surface area contributed by atoms with Crippen LogP contribution in [0.4, 0.5) is 5.69 Å². The molecular weight excluding hydrogens is 302 g/mol. The van der Waals surface area contributed by atoms with E-state index in [1.54, 1.807) is 11.3 Å². The van der Waals surface area contributed by atoms with E-state index in [-0.39, 0.29) is 11.9 Å².